The van der Waals surface area contributed by atoms with Gasteiger partial charge < -0.3 is 16.1 Å². The lowest BCUT2D eigenvalue weighted by atomic mass is 10.0. The van der Waals surface area contributed by atoms with E-state index in [0.29, 0.717) is 17.1 Å². The quantitative estimate of drug-likeness (QED) is 0.436. The number of hydrazone groups is 1. The molecule has 2 aromatic heterocycles. The van der Waals surface area contributed by atoms with Crippen LogP contribution in [0.15, 0.2) is 52.8 Å². The second-order valence-electron chi connectivity index (χ2n) is 6.24. The Morgan fingerprint density at radius 2 is 2.00 bits per heavy atom. The lowest BCUT2D eigenvalue weighted by Gasteiger charge is -2.08. The van der Waals surface area contributed by atoms with Gasteiger partial charge in [-0.2, -0.15) is 5.10 Å². The number of fused-ring (bicyclic) bond motifs is 1. The monoisotopic (exact) mass is 334 g/mol. The van der Waals surface area contributed by atoms with Gasteiger partial charge >= 0.3 is 0 Å². The Balaban J connectivity index is 2.05. The van der Waals surface area contributed by atoms with E-state index in [2.05, 4.69) is 43.9 Å². The number of nitrogen functional groups attached to an aromatic ring is 1. The van der Waals surface area contributed by atoms with E-state index in [1.165, 1.54) is 10.9 Å². The standard InChI is InChI=1S/C19H22N6/c1-12(2)22-11-17(24-21)16-9-15(10-23-19(16)20)13-4-5-18-14(8-13)6-7-25(18)3/h4-12H,21H2,1-3H3,(H2,20,23). The van der Waals surface area contributed by atoms with Crippen LogP contribution in [0, 0.1) is 0 Å². The smallest absolute Gasteiger partial charge is 0.132 e. The van der Waals surface area contributed by atoms with Crippen molar-refractivity contribution in [2.45, 2.75) is 19.9 Å². The van der Waals surface area contributed by atoms with Crippen molar-refractivity contribution < 1.29 is 0 Å². The van der Waals surface area contributed by atoms with E-state index in [-0.39, 0.29) is 6.04 Å². The van der Waals surface area contributed by atoms with Crippen molar-refractivity contribution in [2.75, 3.05) is 5.73 Å². The summed E-state index contributed by atoms with van der Waals surface area (Å²) in [7, 11) is 2.03. The molecule has 0 fully saturated rings. The van der Waals surface area contributed by atoms with Crippen LogP contribution in [-0.2, 0) is 7.05 Å². The maximum Gasteiger partial charge on any atom is 0.132 e. The molecule has 1 aromatic carbocycles. The fourth-order valence-electron chi connectivity index (χ4n) is 2.69. The number of nitrogens with two attached hydrogens (primary N) is 2. The molecule has 2 heterocycles. The number of aromatic nitrogens is 2. The van der Waals surface area contributed by atoms with Crippen LogP contribution in [0.25, 0.3) is 22.0 Å². The Kier molecular flexibility index (Phi) is 4.52. The number of benzene rings is 1. The second-order valence-corrected chi connectivity index (χ2v) is 6.24. The predicted octanol–water partition coefficient (Wildman–Crippen LogP) is 2.96. The number of nitrogens with zero attached hydrogens (tertiary/aromatic N) is 4. The fraction of sp³-hybridized carbons (Fsp3) is 0.211. The lowest BCUT2D eigenvalue weighted by Crippen LogP contribution is -2.11. The molecule has 0 unspecified atom stereocenters. The summed E-state index contributed by atoms with van der Waals surface area (Å²) in [6.07, 6.45) is 5.45. The van der Waals surface area contributed by atoms with Crippen LogP contribution in [0.3, 0.4) is 0 Å². The first kappa shape index (κ1) is 16.7. The summed E-state index contributed by atoms with van der Waals surface area (Å²) < 4.78 is 2.09. The van der Waals surface area contributed by atoms with Gasteiger partial charge in [0.15, 0.2) is 0 Å². The molecule has 3 rings (SSSR count). The van der Waals surface area contributed by atoms with Crippen LogP contribution in [0.2, 0.25) is 0 Å². The molecule has 4 N–H and O–H groups in total. The van der Waals surface area contributed by atoms with Gasteiger partial charge in [0.1, 0.15) is 11.5 Å². The van der Waals surface area contributed by atoms with Crippen molar-refractivity contribution in [1.29, 1.82) is 0 Å². The number of aliphatic imine (C=N–C) groups is 1. The van der Waals surface area contributed by atoms with Crippen molar-refractivity contribution >= 4 is 28.6 Å². The van der Waals surface area contributed by atoms with E-state index < -0.39 is 0 Å². The fourth-order valence-corrected chi connectivity index (χ4v) is 2.69. The number of rotatable bonds is 4. The van der Waals surface area contributed by atoms with Gasteiger partial charge in [-0.1, -0.05) is 6.07 Å². The van der Waals surface area contributed by atoms with Gasteiger partial charge in [-0.25, -0.2) is 4.98 Å². The minimum absolute atomic E-state index is 0.148. The second kappa shape index (κ2) is 6.76. The molecular weight excluding hydrogens is 312 g/mol. The zero-order valence-electron chi connectivity index (χ0n) is 14.6. The van der Waals surface area contributed by atoms with Crippen LogP contribution in [0.1, 0.15) is 19.4 Å². The molecule has 0 aliphatic heterocycles. The van der Waals surface area contributed by atoms with Gasteiger partial charge in [-0.3, -0.25) is 4.99 Å². The number of aryl methyl sites for hydroxylation is 1. The zero-order valence-corrected chi connectivity index (χ0v) is 14.6. The molecule has 0 aliphatic rings. The molecule has 0 spiro atoms. The van der Waals surface area contributed by atoms with Crippen molar-refractivity contribution in [3.05, 3.63) is 48.3 Å². The molecule has 0 amide bonds. The van der Waals surface area contributed by atoms with E-state index in [1.807, 2.05) is 33.2 Å². The highest BCUT2D eigenvalue weighted by Gasteiger charge is 2.11. The number of anilines is 1. The van der Waals surface area contributed by atoms with E-state index in [9.17, 15) is 0 Å². The van der Waals surface area contributed by atoms with Crippen LogP contribution in [0.5, 0.6) is 0 Å². The Bertz CT molecular complexity index is 965. The Morgan fingerprint density at radius 3 is 2.72 bits per heavy atom. The van der Waals surface area contributed by atoms with Gasteiger partial charge in [-0.05, 0) is 43.7 Å². The highest BCUT2D eigenvalue weighted by atomic mass is 15.1. The maximum absolute atomic E-state index is 6.03. The average Bonchev–Trinajstić information content (AvgIpc) is 2.97. The SMILES string of the molecule is CC(C)N=CC(=NN)c1cc(-c2ccc3c(ccn3C)c2)cnc1N. The van der Waals surface area contributed by atoms with Crippen LogP contribution < -0.4 is 11.6 Å². The van der Waals surface area contributed by atoms with E-state index >= 15 is 0 Å². The maximum atomic E-state index is 6.03. The number of pyridine rings is 1. The van der Waals surface area contributed by atoms with Gasteiger partial charge in [0.25, 0.3) is 0 Å². The van der Waals surface area contributed by atoms with Crippen LogP contribution in [0.4, 0.5) is 5.82 Å². The Hall–Kier alpha value is -3.15. The molecule has 128 valence electrons. The first-order chi connectivity index (χ1) is 12.0. The van der Waals surface area contributed by atoms with Gasteiger partial charge in [0.05, 0.1) is 0 Å². The highest BCUT2D eigenvalue weighted by molar-refractivity contribution is 6.39. The molecule has 0 atom stereocenters. The first-order valence-corrected chi connectivity index (χ1v) is 8.12. The van der Waals surface area contributed by atoms with Gasteiger partial charge in [0.2, 0.25) is 0 Å². The van der Waals surface area contributed by atoms with E-state index in [1.54, 1.807) is 12.4 Å². The Labute approximate surface area is 146 Å². The van der Waals surface area contributed by atoms with Crippen molar-refractivity contribution in [3.8, 4) is 11.1 Å². The van der Waals surface area contributed by atoms with Gasteiger partial charge in [0, 0.05) is 53.7 Å². The summed E-state index contributed by atoms with van der Waals surface area (Å²) >= 11 is 0. The summed E-state index contributed by atoms with van der Waals surface area (Å²) in [5.41, 5.74) is 10.4. The predicted molar refractivity (Wildman–Crippen MR) is 105 cm³/mol. The summed E-state index contributed by atoms with van der Waals surface area (Å²) in [6.45, 7) is 3.97. The van der Waals surface area contributed by atoms with Crippen LogP contribution >= 0.6 is 0 Å². The molecule has 6 heteroatoms. The van der Waals surface area contributed by atoms with Crippen molar-refractivity contribution in [3.63, 3.8) is 0 Å². The summed E-state index contributed by atoms with van der Waals surface area (Å²) in [5.74, 6) is 5.92. The third-order valence-corrected chi connectivity index (χ3v) is 4.05. The summed E-state index contributed by atoms with van der Waals surface area (Å²) in [5, 5.41) is 5.00. The average molecular weight is 334 g/mol. The minimum atomic E-state index is 0.148. The number of hydrogen-bond donors (Lipinski definition) is 2. The minimum Gasteiger partial charge on any atom is -0.383 e. The van der Waals surface area contributed by atoms with Crippen molar-refractivity contribution in [2.24, 2.45) is 23.0 Å². The first-order valence-electron chi connectivity index (χ1n) is 8.12. The summed E-state index contributed by atoms with van der Waals surface area (Å²) in [4.78, 5) is 8.65. The van der Waals surface area contributed by atoms with E-state index in [4.69, 9.17) is 11.6 Å². The molecule has 0 saturated heterocycles. The molecule has 6 nitrogen and oxygen atoms in total. The third kappa shape index (κ3) is 3.38. The molecule has 0 radical (unpaired) electrons. The number of hydrogen-bond acceptors (Lipinski definition) is 5. The highest BCUT2D eigenvalue weighted by Crippen LogP contribution is 2.26. The largest absolute Gasteiger partial charge is 0.383 e. The van der Waals surface area contributed by atoms with E-state index in [0.717, 1.165) is 11.1 Å². The molecule has 0 saturated carbocycles. The summed E-state index contributed by atoms with van der Waals surface area (Å²) in [6, 6.07) is 10.5. The normalized spacial score (nSPS) is 12.6. The zero-order chi connectivity index (χ0) is 18.0. The topological polar surface area (TPSA) is 94.6 Å². The van der Waals surface area contributed by atoms with Crippen molar-refractivity contribution in [1.82, 2.24) is 9.55 Å². The molecule has 0 bridgehead atoms. The lowest BCUT2D eigenvalue weighted by molar-refractivity contribution is 0.842. The molecule has 0 aliphatic carbocycles. The Morgan fingerprint density at radius 1 is 1.20 bits per heavy atom. The third-order valence-electron chi connectivity index (χ3n) is 4.05. The molecule has 3 aromatic rings. The molecular formula is C19H22N6. The molecule has 25 heavy (non-hydrogen) atoms. The van der Waals surface area contributed by atoms with Crippen LogP contribution in [-0.4, -0.2) is 27.5 Å². The van der Waals surface area contributed by atoms with Gasteiger partial charge in [-0.15, -0.1) is 0 Å².